The van der Waals surface area contributed by atoms with E-state index in [0.29, 0.717) is 5.95 Å². The summed E-state index contributed by atoms with van der Waals surface area (Å²) < 4.78 is 1.04. The second kappa shape index (κ2) is 5.89. The number of anilines is 1. The number of halogens is 1. The monoisotopic (exact) mass is 333 g/mol. The van der Waals surface area contributed by atoms with Crippen LogP contribution in [0, 0.1) is 0 Å². The molecule has 0 spiro atoms. The summed E-state index contributed by atoms with van der Waals surface area (Å²) in [5.41, 5.74) is 2.08. The first kappa shape index (κ1) is 13.5. The summed E-state index contributed by atoms with van der Waals surface area (Å²) >= 11 is 3.47. The summed E-state index contributed by atoms with van der Waals surface area (Å²) in [5, 5.41) is 9.36. The van der Waals surface area contributed by atoms with E-state index in [9.17, 15) is 5.11 Å². The summed E-state index contributed by atoms with van der Waals surface area (Å²) in [7, 11) is 0. The molecule has 1 atom stereocenters. The molecule has 1 saturated heterocycles. The number of nitrogens with zero attached hydrogens (tertiary/aromatic N) is 3. The highest BCUT2D eigenvalue weighted by Crippen LogP contribution is 2.25. The van der Waals surface area contributed by atoms with Gasteiger partial charge in [0.05, 0.1) is 12.6 Å². The lowest BCUT2D eigenvalue weighted by Crippen LogP contribution is -2.33. The van der Waals surface area contributed by atoms with Crippen LogP contribution >= 0.6 is 15.9 Å². The number of aliphatic hydroxyl groups excluding tert-OH is 1. The zero-order chi connectivity index (χ0) is 13.9. The Kier molecular flexibility index (Phi) is 3.98. The fourth-order valence-corrected chi connectivity index (χ4v) is 2.97. The number of benzene rings is 1. The topological polar surface area (TPSA) is 49.2 Å². The van der Waals surface area contributed by atoms with Crippen molar-refractivity contribution >= 4 is 21.9 Å². The van der Waals surface area contributed by atoms with Crippen LogP contribution in [-0.2, 0) is 0 Å². The smallest absolute Gasteiger partial charge is 0.225 e. The number of hydrogen-bond acceptors (Lipinski definition) is 4. The Morgan fingerprint density at radius 2 is 2.05 bits per heavy atom. The van der Waals surface area contributed by atoms with Crippen molar-refractivity contribution in [3.05, 3.63) is 41.1 Å². The van der Waals surface area contributed by atoms with Gasteiger partial charge in [-0.3, -0.25) is 0 Å². The quantitative estimate of drug-likeness (QED) is 0.938. The Balaban J connectivity index is 1.84. The second-order valence-electron chi connectivity index (χ2n) is 4.95. The maximum absolute atomic E-state index is 9.36. The van der Waals surface area contributed by atoms with Gasteiger partial charge in [0.2, 0.25) is 5.95 Å². The molecular weight excluding hydrogens is 318 g/mol. The number of aliphatic hydroxyl groups is 1. The number of aromatic nitrogens is 2. The largest absolute Gasteiger partial charge is 0.394 e. The summed E-state index contributed by atoms with van der Waals surface area (Å²) in [4.78, 5) is 11.0. The molecule has 0 radical (unpaired) electrons. The van der Waals surface area contributed by atoms with E-state index in [0.717, 1.165) is 35.0 Å². The summed E-state index contributed by atoms with van der Waals surface area (Å²) in [6.07, 6.45) is 5.78. The Labute approximate surface area is 126 Å². The van der Waals surface area contributed by atoms with E-state index < -0.39 is 0 Å². The molecule has 0 amide bonds. The lowest BCUT2D eigenvalue weighted by Gasteiger charge is -2.22. The van der Waals surface area contributed by atoms with Crippen LogP contribution in [-0.4, -0.2) is 34.3 Å². The Morgan fingerprint density at radius 3 is 2.75 bits per heavy atom. The van der Waals surface area contributed by atoms with Crippen LogP contribution in [0.15, 0.2) is 41.1 Å². The molecule has 1 aromatic carbocycles. The van der Waals surface area contributed by atoms with Crippen molar-refractivity contribution in [2.45, 2.75) is 18.9 Å². The average Bonchev–Trinajstić information content (AvgIpc) is 2.96. The fourth-order valence-electron chi connectivity index (χ4n) is 2.58. The molecule has 104 valence electrons. The molecule has 1 unspecified atom stereocenters. The van der Waals surface area contributed by atoms with E-state index in [1.807, 2.05) is 36.7 Å². The van der Waals surface area contributed by atoms with Crippen LogP contribution in [0.2, 0.25) is 0 Å². The molecule has 0 saturated carbocycles. The van der Waals surface area contributed by atoms with Gasteiger partial charge >= 0.3 is 0 Å². The second-order valence-corrected chi connectivity index (χ2v) is 5.87. The van der Waals surface area contributed by atoms with Gasteiger partial charge in [-0.25, -0.2) is 9.97 Å². The first-order valence-electron chi connectivity index (χ1n) is 6.73. The van der Waals surface area contributed by atoms with E-state index in [1.165, 1.54) is 0 Å². The summed E-state index contributed by atoms with van der Waals surface area (Å²) in [6.45, 7) is 1.08. The van der Waals surface area contributed by atoms with Gasteiger partial charge in [-0.15, -0.1) is 0 Å². The van der Waals surface area contributed by atoms with Crippen LogP contribution in [0.3, 0.4) is 0 Å². The normalized spacial score (nSPS) is 18.5. The third-order valence-corrected chi connectivity index (χ3v) is 4.13. The van der Waals surface area contributed by atoms with Crippen LogP contribution in [0.5, 0.6) is 0 Å². The Hall–Kier alpha value is -1.46. The molecule has 4 nitrogen and oxygen atoms in total. The molecule has 1 aliphatic rings. The highest BCUT2D eigenvalue weighted by atomic mass is 79.9. The molecule has 1 aromatic heterocycles. The van der Waals surface area contributed by atoms with E-state index in [-0.39, 0.29) is 12.6 Å². The third kappa shape index (κ3) is 2.69. The molecule has 5 heteroatoms. The molecule has 2 heterocycles. The highest BCUT2D eigenvalue weighted by Gasteiger charge is 2.25. The van der Waals surface area contributed by atoms with E-state index in [1.54, 1.807) is 0 Å². The number of hydrogen-bond donors (Lipinski definition) is 1. The molecule has 0 aliphatic carbocycles. The van der Waals surface area contributed by atoms with Crippen molar-refractivity contribution in [1.82, 2.24) is 9.97 Å². The lowest BCUT2D eigenvalue weighted by atomic mass is 10.1. The molecule has 2 aromatic rings. The first-order valence-corrected chi connectivity index (χ1v) is 7.53. The molecular formula is C15H16BrN3O. The van der Waals surface area contributed by atoms with Gasteiger partial charge in [0.15, 0.2) is 0 Å². The SMILES string of the molecule is OCC1CCCN1c1ncc(-c2cccc(Br)c2)cn1. The maximum atomic E-state index is 9.36. The van der Waals surface area contributed by atoms with Crippen molar-refractivity contribution < 1.29 is 5.11 Å². The molecule has 1 fully saturated rings. The van der Waals surface area contributed by atoms with Gasteiger partial charge in [0.25, 0.3) is 0 Å². The zero-order valence-corrected chi connectivity index (χ0v) is 12.6. The van der Waals surface area contributed by atoms with Crippen LogP contribution in [0.4, 0.5) is 5.95 Å². The van der Waals surface area contributed by atoms with E-state index >= 15 is 0 Å². The minimum Gasteiger partial charge on any atom is -0.394 e. The van der Waals surface area contributed by atoms with Gasteiger partial charge in [0, 0.05) is 29.0 Å². The van der Waals surface area contributed by atoms with Crippen molar-refractivity contribution in [2.24, 2.45) is 0 Å². The van der Waals surface area contributed by atoms with Crippen molar-refractivity contribution in [3.8, 4) is 11.1 Å². The lowest BCUT2D eigenvalue weighted by molar-refractivity contribution is 0.265. The molecule has 3 rings (SSSR count). The predicted octanol–water partition coefficient (Wildman–Crippen LogP) is 2.87. The maximum Gasteiger partial charge on any atom is 0.225 e. The summed E-state index contributed by atoms with van der Waals surface area (Å²) in [6, 6.07) is 8.23. The van der Waals surface area contributed by atoms with Crippen LogP contribution < -0.4 is 4.90 Å². The van der Waals surface area contributed by atoms with Gasteiger partial charge in [-0.1, -0.05) is 28.1 Å². The first-order chi connectivity index (χ1) is 9.78. The molecule has 1 N–H and O–H groups in total. The minimum atomic E-state index is 0.159. The Morgan fingerprint density at radius 1 is 1.25 bits per heavy atom. The number of rotatable bonds is 3. The minimum absolute atomic E-state index is 0.159. The van der Waals surface area contributed by atoms with Crippen molar-refractivity contribution in [3.63, 3.8) is 0 Å². The van der Waals surface area contributed by atoms with E-state index in [2.05, 4.69) is 30.8 Å². The molecule has 0 bridgehead atoms. The van der Waals surface area contributed by atoms with Gasteiger partial charge < -0.3 is 10.0 Å². The third-order valence-electron chi connectivity index (χ3n) is 3.64. The summed E-state index contributed by atoms with van der Waals surface area (Å²) in [5.74, 6) is 0.709. The predicted molar refractivity (Wildman–Crippen MR) is 82.6 cm³/mol. The van der Waals surface area contributed by atoms with E-state index in [4.69, 9.17) is 0 Å². The van der Waals surface area contributed by atoms with Gasteiger partial charge in [-0.2, -0.15) is 0 Å². The average molecular weight is 334 g/mol. The zero-order valence-electron chi connectivity index (χ0n) is 11.0. The van der Waals surface area contributed by atoms with Crippen LogP contribution in [0.1, 0.15) is 12.8 Å². The molecule has 20 heavy (non-hydrogen) atoms. The highest BCUT2D eigenvalue weighted by molar-refractivity contribution is 9.10. The molecule has 1 aliphatic heterocycles. The van der Waals surface area contributed by atoms with Gasteiger partial charge in [-0.05, 0) is 30.5 Å². The van der Waals surface area contributed by atoms with Gasteiger partial charge in [0.1, 0.15) is 0 Å². The van der Waals surface area contributed by atoms with Crippen molar-refractivity contribution in [1.29, 1.82) is 0 Å². The van der Waals surface area contributed by atoms with Crippen molar-refractivity contribution in [2.75, 3.05) is 18.1 Å². The Bertz CT molecular complexity index is 588. The fraction of sp³-hybridized carbons (Fsp3) is 0.333. The van der Waals surface area contributed by atoms with Crippen LogP contribution in [0.25, 0.3) is 11.1 Å². The standard InChI is InChI=1S/C15H16BrN3O/c16-13-4-1-3-11(7-13)12-8-17-15(18-9-12)19-6-2-5-14(19)10-20/h1,3-4,7-9,14,20H,2,5-6,10H2.